The minimum absolute atomic E-state index is 0.365. The van der Waals surface area contributed by atoms with Crippen LogP contribution in [0, 0.1) is 5.92 Å². The summed E-state index contributed by atoms with van der Waals surface area (Å²) in [5.41, 5.74) is 1.25. The first-order chi connectivity index (χ1) is 8.11. The molecular weight excluding hydrogens is 298 g/mol. The topological polar surface area (TPSA) is 29.9 Å². The number of nitrogens with zero attached hydrogens (tertiary/aromatic N) is 2. The van der Waals surface area contributed by atoms with Gasteiger partial charge in [0.2, 0.25) is 0 Å². The van der Waals surface area contributed by atoms with Gasteiger partial charge in [0.1, 0.15) is 0 Å². The molecule has 0 amide bonds. The van der Waals surface area contributed by atoms with Crippen molar-refractivity contribution in [1.82, 2.24) is 15.1 Å². The molecule has 2 unspecified atom stereocenters. The Kier molecular flexibility index (Phi) is 6.59. The van der Waals surface area contributed by atoms with Crippen LogP contribution in [0.1, 0.15) is 32.0 Å². The summed E-state index contributed by atoms with van der Waals surface area (Å²) in [5, 5.41) is 7.94. The summed E-state index contributed by atoms with van der Waals surface area (Å²) in [6.07, 6.45) is 5.19. The monoisotopic (exact) mass is 319 g/mol. The molecule has 0 aliphatic rings. The Morgan fingerprint density at radius 1 is 1.59 bits per heavy atom. The lowest BCUT2D eigenvalue weighted by Gasteiger charge is -2.25. The standard InChI is InChI=1S/C12H22BrN3S/c1-5-6-14-11(9(2)8-17-4)12-10(13)7-15-16(12)3/h7,9,11,14H,5-6,8H2,1-4H3. The average molecular weight is 320 g/mol. The molecule has 0 aromatic carbocycles. The maximum atomic E-state index is 4.31. The third-order valence-corrected chi connectivity index (χ3v) is 4.32. The van der Waals surface area contributed by atoms with E-state index in [1.54, 1.807) is 0 Å². The van der Waals surface area contributed by atoms with Crippen LogP contribution in [0.4, 0.5) is 0 Å². The van der Waals surface area contributed by atoms with Gasteiger partial charge < -0.3 is 5.32 Å². The molecule has 0 saturated carbocycles. The van der Waals surface area contributed by atoms with Crippen LogP contribution in [0.3, 0.4) is 0 Å². The zero-order valence-electron chi connectivity index (χ0n) is 11.0. The highest BCUT2D eigenvalue weighted by Gasteiger charge is 2.23. The van der Waals surface area contributed by atoms with Crippen molar-refractivity contribution in [3.05, 3.63) is 16.4 Å². The van der Waals surface area contributed by atoms with Crippen LogP contribution in [0.25, 0.3) is 0 Å². The van der Waals surface area contributed by atoms with Gasteiger partial charge in [0.15, 0.2) is 0 Å². The fraction of sp³-hybridized carbons (Fsp3) is 0.750. The summed E-state index contributed by atoms with van der Waals surface area (Å²) in [7, 11) is 2.01. The van der Waals surface area contributed by atoms with E-state index in [2.05, 4.69) is 46.4 Å². The van der Waals surface area contributed by atoms with E-state index in [1.807, 2.05) is 29.7 Å². The Labute approximate surface area is 117 Å². The first-order valence-corrected chi connectivity index (χ1v) is 8.20. The lowest BCUT2D eigenvalue weighted by molar-refractivity contribution is 0.394. The van der Waals surface area contributed by atoms with E-state index in [0.29, 0.717) is 12.0 Å². The van der Waals surface area contributed by atoms with Crippen molar-refractivity contribution in [1.29, 1.82) is 0 Å². The van der Waals surface area contributed by atoms with E-state index >= 15 is 0 Å². The predicted octanol–water partition coefficient (Wildman–Crippen LogP) is 3.22. The van der Waals surface area contributed by atoms with E-state index in [0.717, 1.165) is 23.2 Å². The number of hydrogen-bond acceptors (Lipinski definition) is 3. The number of hydrogen-bond donors (Lipinski definition) is 1. The van der Waals surface area contributed by atoms with Crippen molar-refractivity contribution in [2.24, 2.45) is 13.0 Å². The van der Waals surface area contributed by atoms with Gasteiger partial charge in [-0.2, -0.15) is 16.9 Å². The summed E-state index contributed by atoms with van der Waals surface area (Å²) in [4.78, 5) is 0. The normalized spacial score (nSPS) is 14.9. The van der Waals surface area contributed by atoms with Gasteiger partial charge >= 0.3 is 0 Å². The van der Waals surface area contributed by atoms with Crippen LogP contribution >= 0.6 is 27.7 Å². The van der Waals surface area contributed by atoms with Crippen LogP contribution < -0.4 is 5.32 Å². The van der Waals surface area contributed by atoms with Gasteiger partial charge in [-0.15, -0.1) is 0 Å². The molecule has 0 radical (unpaired) electrons. The maximum Gasteiger partial charge on any atom is 0.0695 e. The van der Waals surface area contributed by atoms with Crippen molar-refractivity contribution in [3.8, 4) is 0 Å². The fourth-order valence-electron chi connectivity index (χ4n) is 2.00. The van der Waals surface area contributed by atoms with Gasteiger partial charge in [-0.25, -0.2) is 0 Å². The number of halogens is 1. The van der Waals surface area contributed by atoms with Crippen LogP contribution in [-0.2, 0) is 7.05 Å². The van der Waals surface area contributed by atoms with Crippen LogP contribution in [0.5, 0.6) is 0 Å². The zero-order chi connectivity index (χ0) is 12.8. The van der Waals surface area contributed by atoms with Crippen LogP contribution in [-0.4, -0.2) is 28.3 Å². The summed E-state index contributed by atoms with van der Waals surface area (Å²) >= 11 is 5.49. The first-order valence-electron chi connectivity index (χ1n) is 6.01. The van der Waals surface area contributed by atoms with Crippen LogP contribution in [0.15, 0.2) is 10.7 Å². The smallest absolute Gasteiger partial charge is 0.0695 e. The highest BCUT2D eigenvalue weighted by atomic mass is 79.9. The molecule has 1 heterocycles. The maximum absolute atomic E-state index is 4.31. The van der Waals surface area contributed by atoms with E-state index in [1.165, 1.54) is 5.69 Å². The van der Waals surface area contributed by atoms with E-state index < -0.39 is 0 Å². The molecule has 2 atom stereocenters. The minimum Gasteiger partial charge on any atom is -0.308 e. The van der Waals surface area contributed by atoms with Crippen molar-refractivity contribution in [3.63, 3.8) is 0 Å². The van der Waals surface area contributed by atoms with Gasteiger partial charge in [0.25, 0.3) is 0 Å². The number of thioether (sulfide) groups is 1. The summed E-state index contributed by atoms with van der Waals surface area (Å²) < 4.78 is 3.07. The number of nitrogens with one attached hydrogen (secondary N) is 1. The number of aryl methyl sites for hydroxylation is 1. The van der Waals surface area contributed by atoms with Gasteiger partial charge in [-0.1, -0.05) is 13.8 Å². The molecule has 0 bridgehead atoms. The quantitative estimate of drug-likeness (QED) is 0.836. The first kappa shape index (κ1) is 15.1. The van der Waals surface area contributed by atoms with Crippen molar-refractivity contribution >= 4 is 27.7 Å². The van der Waals surface area contributed by atoms with Crippen molar-refractivity contribution in [2.75, 3.05) is 18.6 Å². The van der Waals surface area contributed by atoms with Crippen LogP contribution in [0.2, 0.25) is 0 Å². The second kappa shape index (κ2) is 7.44. The minimum atomic E-state index is 0.365. The Morgan fingerprint density at radius 3 is 2.76 bits per heavy atom. The molecule has 1 rings (SSSR count). The SMILES string of the molecule is CCCNC(c1c(Br)cnn1C)C(C)CSC. The molecular formula is C12H22BrN3S. The van der Waals surface area contributed by atoms with E-state index in [4.69, 9.17) is 0 Å². The van der Waals surface area contributed by atoms with Gasteiger partial charge in [0.05, 0.1) is 22.4 Å². The third kappa shape index (κ3) is 4.00. The molecule has 0 spiro atoms. The van der Waals surface area contributed by atoms with E-state index in [9.17, 15) is 0 Å². The molecule has 0 fully saturated rings. The molecule has 0 aliphatic heterocycles. The highest BCUT2D eigenvalue weighted by Crippen LogP contribution is 2.29. The van der Waals surface area contributed by atoms with Gasteiger partial charge in [0, 0.05) is 7.05 Å². The van der Waals surface area contributed by atoms with Crippen molar-refractivity contribution < 1.29 is 0 Å². The molecule has 0 saturated heterocycles. The Hall–Kier alpha value is -0.000000000000000111. The second-order valence-electron chi connectivity index (χ2n) is 4.37. The summed E-state index contributed by atoms with van der Waals surface area (Å²) in [6, 6.07) is 0.365. The Morgan fingerprint density at radius 2 is 2.29 bits per heavy atom. The third-order valence-electron chi connectivity index (χ3n) is 2.85. The van der Waals surface area contributed by atoms with Crippen molar-refractivity contribution in [2.45, 2.75) is 26.3 Å². The largest absolute Gasteiger partial charge is 0.308 e. The van der Waals surface area contributed by atoms with E-state index in [-0.39, 0.29) is 0 Å². The summed E-state index contributed by atoms with van der Waals surface area (Å²) in [5.74, 6) is 1.74. The highest BCUT2D eigenvalue weighted by molar-refractivity contribution is 9.10. The van der Waals surface area contributed by atoms with Gasteiger partial charge in [-0.05, 0) is 46.8 Å². The molecule has 1 aromatic rings. The lowest BCUT2D eigenvalue weighted by Crippen LogP contribution is -2.30. The fourth-order valence-corrected chi connectivity index (χ4v) is 3.31. The Balaban J connectivity index is 2.89. The molecule has 0 aliphatic carbocycles. The number of rotatable bonds is 7. The van der Waals surface area contributed by atoms with Gasteiger partial charge in [-0.3, -0.25) is 4.68 Å². The Bertz CT molecular complexity index is 321. The molecule has 5 heteroatoms. The second-order valence-corrected chi connectivity index (χ2v) is 6.13. The lowest BCUT2D eigenvalue weighted by atomic mass is 10.0. The predicted molar refractivity (Wildman–Crippen MR) is 79.5 cm³/mol. The number of aromatic nitrogens is 2. The molecule has 1 aromatic heterocycles. The molecule has 1 N–H and O–H groups in total. The molecule has 3 nitrogen and oxygen atoms in total. The average Bonchev–Trinajstić information content (AvgIpc) is 2.61. The molecule has 98 valence electrons. The zero-order valence-corrected chi connectivity index (χ0v) is 13.4. The summed E-state index contributed by atoms with van der Waals surface area (Å²) in [6.45, 7) is 5.53. The molecule has 17 heavy (non-hydrogen) atoms.